The Morgan fingerprint density at radius 3 is 1.89 bits per heavy atom. The van der Waals surface area contributed by atoms with E-state index in [4.69, 9.17) is 9.47 Å². The molecule has 0 aliphatic rings. The highest BCUT2D eigenvalue weighted by Crippen LogP contribution is 2.40. The summed E-state index contributed by atoms with van der Waals surface area (Å²) in [6.45, 7) is 9.17. The minimum Gasteiger partial charge on any atom is -0.359 e. The molecule has 0 fully saturated rings. The topological polar surface area (TPSA) is 35.5 Å². The van der Waals surface area contributed by atoms with Crippen LogP contribution in [-0.4, -0.2) is 34.9 Å². The van der Waals surface area contributed by atoms with E-state index in [1.54, 1.807) is 14.0 Å². The first-order valence-electron chi connectivity index (χ1n) is 9.47. The maximum absolute atomic E-state index is 11.5. The van der Waals surface area contributed by atoms with Crippen LogP contribution >= 0.6 is 0 Å². The molecule has 0 saturated carbocycles. The predicted octanol–water partition coefficient (Wildman–Crippen LogP) is 3.88. The third-order valence-electron chi connectivity index (χ3n) is 4.96. The first-order chi connectivity index (χ1) is 13.4. The largest absolute Gasteiger partial charge is 0.359 e. The van der Waals surface area contributed by atoms with Gasteiger partial charge in [0.15, 0.2) is 14.4 Å². The average molecular weight is 395 g/mol. The van der Waals surface area contributed by atoms with Gasteiger partial charge in [0.05, 0.1) is 6.61 Å². The summed E-state index contributed by atoms with van der Waals surface area (Å²) in [6.07, 6.45) is 0.855. The van der Waals surface area contributed by atoms with E-state index < -0.39 is 8.07 Å². The Morgan fingerprint density at radius 2 is 1.50 bits per heavy atom. The molecule has 28 heavy (non-hydrogen) atoms. The lowest BCUT2D eigenvalue weighted by atomic mass is 10.2. The van der Waals surface area contributed by atoms with Crippen LogP contribution in [0.3, 0.4) is 0 Å². The zero-order valence-corrected chi connectivity index (χ0v) is 18.5. The third-order valence-corrected chi connectivity index (χ3v) is 10.8. The molecule has 0 amide bonds. The van der Waals surface area contributed by atoms with Crippen molar-refractivity contribution < 1.29 is 14.3 Å². The standard InChI is InChI=1S/C24H30O3Si/c1-20(17-25)16-23(18-27-19-26-5)28(24(2,3)4,21-12-8-6-9-13-21)22-14-10-7-11-15-22/h6-15,17H,18-19H2,1-5H3. The van der Waals surface area contributed by atoms with Crippen LogP contribution in [0.5, 0.6) is 0 Å². The highest BCUT2D eigenvalue weighted by atomic mass is 28.3. The molecule has 4 heteroatoms. The number of ether oxygens (including phenoxy) is 2. The number of carbonyl (C=O) groups is 1. The van der Waals surface area contributed by atoms with Crippen molar-refractivity contribution in [3.63, 3.8) is 0 Å². The van der Waals surface area contributed by atoms with Gasteiger partial charge in [-0.05, 0) is 27.5 Å². The van der Waals surface area contributed by atoms with Crippen molar-refractivity contribution in [3.05, 3.63) is 77.2 Å². The quantitative estimate of drug-likeness (QED) is 0.170. The van der Waals surface area contributed by atoms with E-state index in [2.05, 4.69) is 75.0 Å². The first kappa shape index (κ1) is 22.1. The summed E-state index contributed by atoms with van der Waals surface area (Å²) >= 11 is 0. The zero-order valence-electron chi connectivity index (χ0n) is 17.5. The second-order valence-corrected chi connectivity index (χ2v) is 12.6. The van der Waals surface area contributed by atoms with Crippen LogP contribution in [0.1, 0.15) is 27.7 Å². The van der Waals surface area contributed by atoms with Gasteiger partial charge in [-0.25, -0.2) is 0 Å². The Bertz CT molecular complexity index is 790. The lowest BCUT2D eigenvalue weighted by Gasteiger charge is -2.45. The number of hydrogen-bond acceptors (Lipinski definition) is 3. The molecular formula is C24H30O3Si. The number of benzene rings is 2. The maximum atomic E-state index is 11.5. The molecule has 2 aromatic carbocycles. The minimum absolute atomic E-state index is 0.0857. The fourth-order valence-corrected chi connectivity index (χ4v) is 9.70. The molecule has 0 aliphatic carbocycles. The van der Waals surface area contributed by atoms with Crippen molar-refractivity contribution >= 4 is 24.7 Å². The summed E-state index contributed by atoms with van der Waals surface area (Å²) < 4.78 is 10.9. The first-order valence-corrected chi connectivity index (χ1v) is 11.5. The van der Waals surface area contributed by atoms with Crippen molar-refractivity contribution in [2.45, 2.75) is 32.7 Å². The lowest BCUT2D eigenvalue weighted by Crippen LogP contribution is -2.66. The van der Waals surface area contributed by atoms with Gasteiger partial charge in [-0.15, -0.1) is 5.73 Å². The van der Waals surface area contributed by atoms with Gasteiger partial charge < -0.3 is 9.47 Å². The van der Waals surface area contributed by atoms with Gasteiger partial charge in [0.25, 0.3) is 0 Å². The van der Waals surface area contributed by atoms with E-state index in [1.807, 2.05) is 12.1 Å². The Kier molecular flexibility index (Phi) is 7.73. The highest BCUT2D eigenvalue weighted by Gasteiger charge is 2.50. The fraction of sp³-hybridized carbons (Fsp3) is 0.333. The van der Waals surface area contributed by atoms with Crippen molar-refractivity contribution in [1.82, 2.24) is 0 Å². The molecule has 0 N–H and O–H groups in total. The second-order valence-electron chi connectivity index (χ2n) is 7.89. The van der Waals surface area contributed by atoms with Gasteiger partial charge >= 0.3 is 0 Å². The average Bonchev–Trinajstić information content (AvgIpc) is 2.69. The van der Waals surface area contributed by atoms with Gasteiger partial charge in [-0.2, -0.15) is 0 Å². The van der Waals surface area contributed by atoms with E-state index in [0.29, 0.717) is 12.2 Å². The summed E-state index contributed by atoms with van der Waals surface area (Å²) in [7, 11) is -0.953. The lowest BCUT2D eigenvalue weighted by molar-refractivity contribution is -0.104. The highest BCUT2D eigenvalue weighted by molar-refractivity contribution is 7.09. The van der Waals surface area contributed by atoms with E-state index in [9.17, 15) is 4.79 Å². The molecule has 3 nitrogen and oxygen atoms in total. The van der Waals surface area contributed by atoms with Crippen LogP contribution in [0, 0.1) is 0 Å². The molecule has 148 valence electrons. The Balaban J connectivity index is 2.92. The molecule has 2 rings (SSSR count). The number of methoxy groups -OCH3 is 1. The van der Waals surface area contributed by atoms with E-state index in [-0.39, 0.29) is 11.8 Å². The molecule has 0 heterocycles. The Hall–Kier alpha value is -2.23. The molecule has 0 saturated heterocycles. The smallest absolute Gasteiger partial charge is 0.160 e. The normalized spacial score (nSPS) is 11.6. The molecule has 0 bridgehead atoms. The number of carbonyl (C=O) groups excluding carboxylic acids is 1. The summed E-state index contributed by atoms with van der Waals surface area (Å²) in [4.78, 5) is 11.5. The molecule has 0 spiro atoms. The van der Waals surface area contributed by atoms with Crippen molar-refractivity contribution in [3.8, 4) is 0 Å². The van der Waals surface area contributed by atoms with Crippen molar-refractivity contribution in [2.75, 3.05) is 20.5 Å². The van der Waals surface area contributed by atoms with Crippen LogP contribution in [0.15, 0.2) is 77.2 Å². The molecule has 0 aliphatic heterocycles. The molecule has 0 unspecified atom stereocenters. The number of rotatable bonds is 8. The van der Waals surface area contributed by atoms with Gasteiger partial charge in [-0.3, -0.25) is 4.79 Å². The summed E-state index contributed by atoms with van der Waals surface area (Å²) in [6, 6.07) is 21.2. The fourth-order valence-electron chi connectivity index (χ4n) is 3.94. The van der Waals surface area contributed by atoms with Crippen LogP contribution < -0.4 is 10.4 Å². The van der Waals surface area contributed by atoms with Crippen LogP contribution in [-0.2, 0) is 14.3 Å². The van der Waals surface area contributed by atoms with E-state index in [1.165, 1.54) is 10.4 Å². The van der Waals surface area contributed by atoms with E-state index in [0.717, 1.165) is 11.5 Å². The van der Waals surface area contributed by atoms with Crippen LogP contribution in [0.4, 0.5) is 0 Å². The Labute approximate surface area is 169 Å². The summed E-state index contributed by atoms with van der Waals surface area (Å²) in [5.74, 6) is 0. The maximum Gasteiger partial charge on any atom is 0.160 e. The molecule has 0 atom stereocenters. The molecule has 2 aromatic rings. The van der Waals surface area contributed by atoms with Gasteiger partial charge in [0.2, 0.25) is 0 Å². The summed E-state index contributed by atoms with van der Waals surface area (Å²) in [5, 5.41) is 3.50. The predicted molar refractivity (Wildman–Crippen MR) is 118 cm³/mol. The molecule has 0 aromatic heterocycles. The van der Waals surface area contributed by atoms with Gasteiger partial charge in [0.1, 0.15) is 6.79 Å². The SMILES string of the molecule is COCOCC(=C=C(C)C=O)[Si](c1ccccc1)(c1ccccc1)C(C)(C)C. The van der Waals surface area contributed by atoms with E-state index >= 15 is 0 Å². The monoisotopic (exact) mass is 394 g/mol. The van der Waals surface area contributed by atoms with Crippen LogP contribution in [0.2, 0.25) is 5.04 Å². The molecular weight excluding hydrogens is 364 g/mol. The van der Waals surface area contributed by atoms with Gasteiger partial charge in [-0.1, -0.05) is 81.4 Å². The minimum atomic E-state index is -2.56. The number of aldehydes is 1. The Morgan fingerprint density at radius 1 is 1.00 bits per heavy atom. The zero-order chi connectivity index (χ0) is 20.6. The van der Waals surface area contributed by atoms with Crippen LogP contribution in [0.25, 0.3) is 0 Å². The van der Waals surface area contributed by atoms with Crippen molar-refractivity contribution in [1.29, 1.82) is 0 Å². The molecule has 0 radical (unpaired) electrons. The second kappa shape index (κ2) is 9.81. The van der Waals surface area contributed by atoms with Crippen molar-refractivity contribution in [2.24, 2.45) is 0 Å². The number of hydrogen-bond donors (Lipinski definition) is 0. The van der Waals surface area contributed by atoms with Gasteiger partial charge in [0, 0.05) is 12.7 Å². The summed E-state index contributed by atoms with van der Waals surface area (Å²) in [5.41, 5.74) is 3.99. The third kappa shape index (κ3) is 4.60.